The number of benzene rings is 1. The van der Waals surface area contributed by atoms with Gasteiger partial charge in [0.1, 0.15) is 11.9 Å². The van der Waals surface area contributed by atoms with Gasteiger partial charge in [0.25, 0.3) is 0 Å². The van der Waals surface area contributed by atoms with Gasteiger partial charge in [-0.2, -0.15) is 0 Å². The van der Waals surface area contributed by atoms with E-state index in [1.54, 1.807) is 18.3 Å². The molecule has 0 saturated heterocycles. The molecule has 110 valence electrons. The Morgan fingerprint density at radius 1 is 1.52 bits per heavy atom. The summed E-state index contributed by atoms with van der Waals surface area (Å²) in [6.45, 7) is 1.77. The Labute approximate surface area is 131 Å². The number of nitrogens with one attached hydrogen (secondary N) is 1. The fourth-order valence-electron chi connectivity index (χ4n) is 2.61. The van der Waals surface area contributed by atoms with E-state index < -0.39 is 12.1 Å². The lowest BCUT2D eigenvalue weighted by atomic mass is 9.92. The number of aromatic amines is 1. The average molecular weight is 320 g/mol. The average Bonchev–Trinajstić information content (AvgIpc) is 2.85. The van der Waals surface area contributed by atoms with Crippen molar-refractivity contribution in [3.63, 3.8) is 0 Å². The van der Waals surface area contributed by atoms with Gasteiger partial charge in [-0.3, -0.25) is 0 Å². The molecule has 0 saturated carbocycles. The van der Waals surface area contributed by atoms with Crippen molar-refractivity contribution in [2.24, 2.45) is 0 Å². The molecule has 1 aromatic carbocycles. The largest absolute Gasteiger partial charge is 0.546 e. The van der Waals surface area contributed by atoms with Gasteiger partial charge in [-0.25, -0.2) is 0 Å². The zero-order chi connectivity index (χ0) is 15.0. The molecule has 0 radical (unpaired) electrons. The first kappa shape index (κ1) is 14.3. The fraction of sp³-hybridized carbons (Fsp3) is 0.333. The zero-order valence-corrected chi connectivity index (χ0v) is 13.1. The van der Waals surface area contributed by atoms with Crippen LogP contribution in [0.3, 0.4) is 0 Å². The molecule has 1 atom stereocenters. The number of hydrogen-bond acceptors (Lipinski definition) is 5. The summed E-state index contributed by atoms with van der Waals surface area (Å²) in [4.78, 5) is 15.5. The molecule has 0 bridgehead atoms. The maximum atomic E-state index is 11.1. The third-order valence-corrected chi connectivity index (χ3v) is 4.92. The van der Waals surface area contributed by atoms with Gasteiger partial charge in [0.2, 0.25) is 0 Å². The Hall–Kier alpha value is -1.66. The minimum absolute atomic E-state index is 0.373. The minimum Gasteiger partial charge on any atom is -0.546 e. The molecular weight excluding hydrogens is 306 g/mol. The van der Waals surface area contributed by atoms with Crippen LogP contribution in [0.15, 0.2) is 18.2 Å². The van der Waals surface area contributed by atoms with E-state index in [1.165, 1.54) is 4.88 Å². The Morgan fingerprint density at radius 2 is 2.33 bits per heavy atom. The highest BCUT2D eigenvalue weighted by atomic mass is 32.1. The number of aromatic nitrogens is 1. The number of carbonyl (C=O) groups is 1. The van der Waals surface area contributed by atoms with Crippen LogP contribution in [0.5, 0.6) is 5.75 Å². The number of thiazole rings is 1. The first-order valence-corrected chi connectivity index (χ1v) is 8.04. The summed E-state index contributed by atoms with van der Waals surface area (Å²) in [6, 6.07) is 5.70. The smallest absolute Gasteiger partial charge is 0.159 e. The van der Waals surface area contributed by atoms with E-state index >= 15 is 0 Å². The number of carbonyl (C=O) groups excluding carboxylic acids is 1. The van der Waals surface area contributed by atoms with Crippen molar-refractivity contribution >= 4 is 29.5 Å². The molecule has 3 rings (SSSR count). The van der Waals surface area contributed by atoms with Gasteiger partial charge in [0.05, 0.1) is 11.7 Å². The number of ether oxygens (including phenoxy) is 1. The van der Waals surface area contributed by atoms with Crippen LogP contribution in [0.1, 0.15) is 23.8 Å². The molecule has 1 N–H and O–H groups in total. The summed E-state index contributed by atoms with van der Waals surface area (Å²) >= 11 is 6.81. The molecule has 1 unspecified atom stereocenters. The third kappa shape index (κ3) is 2.61. The molecule has 0 spiro atoms. The van der Waals surface area contributed by atoms with E-state index in [2.05, 4.69) is 4.98 Å². The first-order valence-electron chi connectivity index (χ1n) is 6.82. The summed E-state index contributed by atoms with van der Waals surface area (Å²) < 4.78 is 6.41. The van der Waals surface area contributed by atoms with E-state index in [0.29, 0.717) is 12.2 Å². The van der Waals surface area contributed by atoms with Crippen LogP contribution in [-0.4, -0.2) is 17.1 Å². The number of rotatable bonds is 4. The molecule has 1 aliphatic carbocycles. The Kier molecular flexibility index (Phi) is 3.82. The number of H-pyrrole nitrogens is 1. The monoisotopic (exact) mass is 320 g/mol. The third-order valence-electron chi connectivity index (χ3n) is 3.63. The molecule has 0 aliphatic heterocycles. The highest BCUT2D eigenvalue weighted by Gasteiger charge is 2.22. The number of fused-ring (bicyclic) bond motifs is 3. The summed E-state index contributed by atoms with van der Waals surface area (Å²) in [5, 5.41) is 11.1. The number of carboxylic acid groups (broad SMARTS) is 1. The van der Waals surface area contributed by atoms with E-state index in [0.717, 1.165) is 33.6 Å². The van der Waals surface area contributed by atoms with Crippen LogP contribution in [0, 0.1) is 3.95 Å². The van der Waals surface area contributed by atoms with Gasteiger partial charge in [0, 0.05) is 16.0 Å². The van der Waals surface area contributed by atoms with Crippen molar-refractivity contribution in [1.29, 1.82) is 0 Å². The Bertz CT molecular complexity index is 748. The zero-order valence-electron chi connectivity index (χ0n) is 11.5. The summed E-state index contributed by atoms with van der Waals surface area (Å²) in [7, 11) is 0. The van der Waals surface area contributed by atoms with Gasteiger partial charge in [-0.05, 0) is 37.5 Å². The predicted octanol–water partition coefficient (Wildman–Crippen LogP) is 2.48. The second-order valence-electron chi connectivity index (χ2n) is 4.93. The van der Waals surface area contributed by atoms with E-state index in [9.17, 15) is 9.90 Å². The molecule has 1 aromatic heterocycles. The first-order chi connectivity index (χ1) is 10.1. The van der Waals surface area contributed by atoms with E-state index in [-0.39, 0.29) is 0 Å². The van der Waals surface area contributed by atoms with Crippen LogP contribution in [0.4, 0.5) is 0 Å². The van der Waals surface area contributed by atoms with Crippen LogP contribution >= 0.6 is 23.6 Å². The minimum atomic E-state index is -1.18. The molecule has 1 heterocycles. The Morgan fingerprint density at radius 3 is 3.05 bits per heavy atom. The number of hydrogen-bond donors (Lipinski definition) is 1. The normalized spacial score (nSPS) is 14.1. The second-order valence-corrected chi connectivity index (χ2v) is 6.70. The quantitative estimate of drug-likeness (QED) is 0.879. The SMILES string of the molecule is CCC(Oc1cccc2c1CCc1sc(=S)[nH]c1-2)C(=O)[O-]. The van der Waals surface area contributed by atoms with Crippen molar-refractivity contribution in [2.75, 3.05) is 0 Å². The maximum absolute atomic E-state index is 11.1. The molecule has 2 aromatic rings. The highest BCUT2D eigenvalue weighted by Crippen LogP contribution is 2.39. The molecule has 0 amide bonds. The number of aliphatic carboxylic acids is 1. The van der Waals surface area contributed by atoms with Crippen molar-refractivity contribution in [3.8, 4) is 17.0 Å². The van der Waals surface area contributed by atoms with Crippen molar-refractivity contribution in [1.82, 2.24) is 4.98 Å². The predicted molar refractivity (Wildman–Crippen MR) is 82.1 cm³/mol. The van der Waals surface area contributed by atoms with Crippen molar-refractivity contribution in [3.05, 3.63) is 32.6 Å². The lowest BCUT2D eigenvalue weighted by Crippen LogP contribution is -2.39. The van der Waals surface area contributed by atoms with Crippen molar-refractivity contribution < 1.29 is 14.6 Å². The maximum Gasteiger partial charge on any atom is 0.159 e. The topological polar surface area (TPSA) is 65.2 Å². The molecule has 21 heavy (non-hydrogen) atoms. The molecular formula is C15H14NO3S2-. The van der Waals surface area contributed by atoms with Crippen LogP contribution in [0.2, 0.25) is 0 Å². The molecule has 6 heteroatoms. The molecule has 0 fully saturated rings. The standard InChI is InChI=1S/C15H15NO3S2/c1-2-10(14(17)18)19-11-5-3-4-9-8(11)6-7-12-13(9)16-15(20)21-12/h3-5,10H,2,6-7H2,1H3,(H,16,20)(H,17,18)/p-1. The lowest BCUT2D eigenvalue weighted by molar-refractivity contribution is -0.313. The van der Waals surface area contributed by atoms with Gasteiger partial charge >= 0.3 is 0 Å². The van der Waals surface area contributed by atoms with E-state index in [4.69, 9.17) is 17.0 Å². The summed E-state index contributed by atoms with van der Waals surface area (Å²) in [5.41, 5.74) is 3.13. The molecule has 1 aliphatic rings. The lowest BCUT2D eigenvalue weighted by Gasteiger charge is -2.23. The Balaban J connectivity index is 2.03. The summed E-state index contributed by atoms with van der Waals surface area (Å²) in [6.07, 6.45) is 1.17. The van der Waals surface area contributed by atoms with E-state index in [1.807, 2.05) is 18.2 Å². The highest BCUT2D eigenvalue weighted by molar-refractivity contribution is 7.73. The second kappa shape index (κ2) is 5.61. The van der Waals surface area contributed by atoms with Gasteiger partial charge in [-0.15, -0.1) is 11.3 Å². The molecule has 4 nitrogen and oxygen atoms in total. The summed E-state index contributed by atoms with van der Waals surface area (Å²) in [5.74, 6) is -0.554. The van der Waals surface area contributed by atoms with Crippen molar-refractivity contribution in [2.45, 2.75) is 32.3 Å². The van der Waals surface area contributed by atoms with Crippen LogP contribution in [0.25, 0.3) is 11.3 Å². The number of carboxylic acids is 1. The fourth-order valence-corrected chi connectivity index (χ4v) is 3.86. The van der Waals surface area contributed by atoms with Gasteiger partial charge < -0.3 is 19.6 Å². The van der Waals surface area contributed by atoms with Gasteiger partial charge in [-0.1, -0.05) is 19.1 Å². The van der Waals surface area contributed by atoms with Crippen LogP contribution in [-0.2, 0) is 17.6 Å². The van der Waals surface area contributed by atoms with Crippen LogP contribution < -0.4 is 9.84 Å². The van der Waals surface area contributed by atoms with Gasteiger partial charge in [0.15, 0.2) is 3.95 Å². The number of aryl methyl sites for hydroxylation is 1.